The molecule has 0 aliphatic rings. The van der Waals surface area contributed by atoms with Crippen LogP contribution < -0.4 is 10.0 Å². The molecule has 0 saturated heterocycles. The number of alkyl halides is 3. The first-order valence-electron chi connectivity index (χ1n) is 8.49. The zero-order chi connectivity index (χ0) is 22.8. The maximum absolute atomic E-state index is 14.2. The van der Waals surface area contributed by atoms with Gasteiger partial charge < -0.3 is 5.32 Å². The van der Waals surface area contributed by atoms with E-state index in [0.717, 1.165) is 30.3 Å². The summed E-state index contributed by atoms with van der Waals surface area (Å²) in [5.74, 6) is -1.49. The summed E-state index contributed by atoms with van der Waals surface area (Å²) < 4.78 is 79.3. The molecule has 0 radical (unpaired) electrons. The van der Waals surface area contributed by atoms with E-state index in [2.05, 4.69) is 20.2 Å². The second-order valence-electron chi connectivity index (χ2n) is 6.23. The molecule has 1 amide bonds. The SMILES string of the molecule is Cc1nnnn1-c1ccc(F)c(NS(=O)(=O)c2ccc(C(=O)NCC(F)(F)F)cc2)c1. The quantitative estimate of drug-likeness (QED) is 0.547. The summed E-state index contributed by atoms with van der Waals surface area (Å²) in [5, 5.41) is 12.5. The Morgan fingerprint density at radius 1 is 1.13 bits per heavy atom. The number of rotatable bonds is 6. The van der Waals surface area contributed by atoms with Gasteiger partial charge in [-0.2, -0.15) is 17.9 Å². The number of hydrogen-bond donors (Lipinski definition) is 2. The Balaban J connectivity index is 1.80. The van der Waals surface area contributed by atoms with Crippen molar-refractivity contribution in [1.82, 2.24) is 25.5 Å². The summed E-state index contributed by atoms with van der Waals surface area (Å²) in [6.07, 6.45) is -4.58. The van der Waals surface area contributed by atoms with Crippen LogP contribution in [-0.2, 0) is 10.0 Å². The fourth-order valence-corrected chi connectivity index (χ4v) is 3.52. The normalized spacial score (nSPS) is 11.9. The lowest BCUT2D eigenvalue weighted by molar-refractivity contribution is -0.123. The molecule has 1 heterocycles. The molecule has 0 saturated carbocycles. The molecule has 0 atom stereocenters. The Labute approximate surface area is 173 Å². The number of amides is 1. The maximum atomic E-state index is 14.2. The molecule has 0 fully saturated rings. The number of benzene rings is 2. The van der Waals surface area contributed by atoms with Gasteiger partial charge in [-0.3, -0.25) is 9.52 Å². The summed E-state index contributed by atoms with van der Waals surface area (Å²) >= 11 is 0. The first-order chi connectivity index (χ1) is 14.5. The van der Waals surface area contributed by atoms with Gasteiger partial charge in [0, 0.05) is 5.56 Å². The summed E-state index contributed by atoms with van der Waals surface area (Å²) in [6, 6.07) is 7.67. The van der Waals surface area contributed by atoms with Crippen molar-refractivity contribution in [3.63, 3.8) is 0 Å². The van der Waals surface area contributed by atoms with E-state index < -0.39 is 34.5 Å². The molecular weight excluding hydrogens is 444 g/mol. The zero-order valence-corrected chi connectivity index (χ0v) is 16.5. The van der Waals surface area contributed by atoms with Gasteiger partial charge in [0.25, 0.3) is 15.9 Å². The van der Waals surface area contributed by atoms with E-state index in [-0.39, 0.29) is 16.1 Å². The zero-order valence-electron chi connectivity index (χ0n) is 15.7. The molecule has 1 aromatic heterocycles. The lowest BCUT2D eigenvalue weighted by Crippen LogP contribution is -2.33. The van der Waals surface area contributed by atoms with Crippen molar-refractivity contribution in [2.45, 2.75) is 18.0 Å². The molecule has 0 aliphatic carbocycles. The second kappa shape index (κ2) is 8.29. The Morgan fingerprint density at radius 2 is 1.81 bits per heavy atom. The van der Waals surface area contributed by atoms with Crippen LogP contribution in [0.5, 0.6) is 0 Å². The molecule has 31 heavy (non-hydrogen) atoms. The number of hydrogen-bond acceptors (Lipinski definition) is 6. The Hall–Kier alpha value is -3.55. The van der Waals surface area contributed by atoms with Gasteiger partial charge in [-0.15, -0.1) is 5.10 Å². The molecule has 0 spiro atoms. The molecule has 0 aliphatic heterocycles. The number of carbonyl (C=O) groups is 1. The van der Waals surface area contributed by atoms with Crippen molar-refractivity contribution in [3.05, 3.63) is 59.7 Å². The van der Waals surface area contributed by atoms with Gasteiger partial charge in [-0.25, -0.2) is 12.8 Å². The minimum Gasteiger partial charge on any atom is -0.343 e. The molecule has 9 nitrogen and oxygen atoms in total. The summed E-state index contributed by atoms with van der Waals surface area (Å²) in [6.45, 7) is 0.0729. The molecule has 0 bridgehead atoms. The summed E-state index contributed by atoms with van der Waals surface area (Å²) in [7, 11) is -4.27. The van der Waals surface area contributed by atoms with Crippen LogP contribution in [-0.4, -0.2) is 47.3 Å². The number of carbonyl (C=O) groups excluding carboxylic acids is 1. The van der Waals surface area contributed by atoms with Crippen molar-refractivity contribution in [3.8, 4) is 5.69 Å². The van der Waals surface area contributed by atoms with E-state index in [1.54, 1.807) is 12.2 Å². The minimum absolute atomic E-state index is 0.175. The highest BCUT2D eigenvalue weighted by atomic mass is 32.2. The van der Waals surface area contributed by atoms with E-state index in [4.69, 9.17) is 0 Å². The average Bonchev–Trinajstić information content (AvgIpc) is 3.13. The molecule has 0 unspecified atom stereocenters. The highest BCUT2D eigenvalue weighted by Gasteiger charge is 2.28. The van der Waals surface area contributed by atoms with Crippen LogP contribution in [0.15, 0.2) is 47.4 Å². The van der Waals surface area contributed by atoms with Gasteiger partial charge in [0.1, 0.15) is 12.4 Å². The van der Waals surface area contributed by atoms with Crippen molar-refractivity contribution >= 4 is 21.6 Å². The van der Waals surface area contributed by atoms with E-state index in [1.165, 1.54) is 16.8 Å². The topological polar surface area (TPSA) is 119 Å². The first-order valence-corrected chi connectivity index (χ1v) is 9.97. The van der Waals surface area contributed by atoms with Crippen LogP contribution in [0.3, 0.4) is 0 Å². The van der Waals surface area contributed by atoms with Crippen molar-refractivity contribution in [2.24, 2.45) is 0 Å². The lowest BCUT2D eigenvalue weighted by atomic mass is 10.2. The molecule has 3 aromatic rings. The number of sulfonamides is 1. The van der Waals surface area contributed by atoms with Gasteiger partial charge in [0.15, 0.2) is 5.82 Å². The molecule has 2 N–H and O–H groups in total. The van der Waals surface area contributed by atoms with Crippen LogP contribution in [0.25, 0.3) is 5.69 Å². The second-order valence-corrected chi connectivity index (χ2v) is 7.91. The van der Waals surface area contributed by atoms with Gasteiger partial charge in [-0.1, -0.05) is 0 Å². The average molecular weight is 458 g/mol. The summed E-state index contributed by atoms with van der Waals surface area (Å²) in [5.41, 5.74) is -0.247. The Bertz CT molecular complexity index is 1210. The van der Waals surface area contributed by atoms with Crippen molar-refractivity contribution < 1.29 is 30.8 Å². The lowest BCUT2D eigenvalue weighted by Gasteiger charge is -2.12. The largest absolute Gasteiger partial charge is 0.405 e. The van der Waals surface area contributed by atoms with Crippen molar-refractivity contribution in [1.29, 1.82) is 0 Å². The Kier molecular flexibility index (Phi) is 5.92. The third kappa shape index (κ3) is 5.33. The fourth-order valence-electron chi connectivity index (χ4n) is 2.47. The van der Waals surface area contributed by atoms with Crippen LogP contribution in [0.1, 0.15) is 16.2 Å². The van der Waals surface area contributed by atoms with E-state index in [1.807, 2.05) is 0 Å². The molecule has 3 rings (SSSR count). The fraction of sp³-hybridized carbons (Fsp3) is 0.176. The van der Waals surface area contributed by atoms with E-state index >= 15 is 0 Å². The molecule has 2 aromatic carbocycles. The van der Waals surface area contributed by atoms with E-state index in [0.29, 0.717) is 11.5 Å². The number of aromatic nitrogens is 4. The molecule has 164 valence electrons. The summed E-state index contributed by atoms with van der Waals surface area (Å²) in [4.78, 5) is 11.4. The van der Waals surface area contributed by atoms with Crippen LogP contribution in [0, 0.1) is 12.7 Å². The van der Waals surface area contributed by atoms with Crippen LogP contribution in [0.4, 0.5) is 23.2 Å². The minimum atomic E-state index is -4.58. The first kappa shape index (κ1) is 22.1. The van der Waals surface area contributed by atoms with Gasteiger partial charge in [-0.05, 0) is 59.8 Å². The van der Waals surface area contributed by atoms with Crippen molar-refractivity contribution in [2.75, 3.05) is 11.3 Å². The number of nitrogens with one attached hydrogen (secondary N) is 2. The van der Waals surface area contributed by atoms with Gasteiger partial charge >= 0.3 is 6.18 Å². The predicted octanol–water partition coefficient (Wildman–Crippen LogP) is 2.20. The Morgan fingerprint density at radius 3 is 2.39 bits per heavy atom. The third-order valence-corrected chi connectivity index (χ3v) is 5.32. The predicted molar refractivity (Wildman–Crippen MR) is 99.5 cm³/mol. The van der Waals surface area contributed by atoms with Gasteiger partial charge in [0.2, 0.25) is 0 Å². The number of aryl methyl sites for hydroxylation is 1. The van der Waals surface area contributed by atoms with E-state index in [9.17, 15) is 30.8 Å². The van der Waals surface area contributed by atoms with Gasteiger partial charge in [0.05, 0.1) is 16.3 Å². The highest BCUT2D eigenvalue weighted by Crippen LogP contribution is 2.23. The van der Waals surface area contributed by atoms with Crippen LogP contribution in [0.2, 0.25) is 0 Å². The number of nitrogens with zero attached hydrogens (tertiary/aromatic N) is 4. The van der Waals surface area contributed by atoms with Crippen LogP contribution >= 0.6 is 0 Å². The number of halogens is 4. The molecule has 14 heteroatoms. The molecular formula is C17H14F4N6O3S. The number of anilines is 1. The highest BCUT2D eigenvalue weighted by molar-refractivity contribution is 7.92. The standard InChI is InChI=1S/C17H14F4N6O3S/c1-10-23-25-26-27(10)12-4-7-14(18)15(8-12)24-31(29,30)13-5-2-11(3-6-13)16(28)22-9-17(19,20)21/h2-8,24H,9H2,1H3,(H,22,28). The monoisotopic (exact) mass is 458 g/mol. The maximum Gasteiger partial charge on any atom is 0.405 e. The third-order valence-electron chi connectivity index (χ3n) is 3.94. The number of tetrazole rings is 1. The smallest absolute Gasteiger partial charge is 0.343 e.